The maximum Gasteiger partial charge on any atom is 0.316 e. The molecular formula is C22H22F3N5O2. The van der Waals surface area contributed by atoms with Crippen LogP contribution in [0.1, 0.15) is 36.7 Å². The third kappa shape index (κ3) is 5.19. The van der Waals surface area contributed by atoms with E-state index in [9.17, 15) is 18.0 Å². The lowest BCUT2D eigenvalue weighted by atomic mass is 10.0. The highest BCUT2D eigenvalue weighted by Gasteiger charge is 2.27. The van der Waals surface area contributed by atoms with E-state index in [1.165, 1.54) is 35.5 Å². The fourth-order valence-electron chi connectivity index (χ4n) is 3.07. The number of hydrogen-bond acceptors (Lipinski definition) is 6. The molecule has 10 heteroatoms. The van der Waals surface area contributed by atoms with Gasteiger partial charge in [0.05, 0.1) is 22.7 Å². The van der Waals surface area contributed by atoms with Gasteiger partial charge >= 0.3 is 6.01 Å². The van der Waals surface area contributed by atoms with Crippen LogP contribution in [0, 0.1) is 5.82 Å². The Kier molecular flexibility index (Phi) is 7.01. The fraction of sp³-hybridized carbons (Fsp3) is 0.318. The molecule has 168 valence electrons. The summed E-state index contributed by atoms with van der Waals surface area (Å²) in [6.07, 6.45) is 4.93. The molecule has 7 nitrogen and oxygen atoms in total. The van der Waals surface area contributed by atoms with E-state index in [1.54, 1.807) is 19.9 Å². The summed E-state index contributed by atoms with van der Waals surface area (Å²) in [5, 5.41) is 0. The average Bonchev–Trinajstić information content (AvgIpc) is 2.78. The smallest absolute Gasteiger partial charge is 0.316 e. The number of carbonyl (C=O) groups excluding carboxylic acids is 1. The molecular weight excluding hydrogens is 423 g/mol. The first-order valence-electron chi connectivity index (χ1n) is 9.92. The van der Waals surface area contributed by atoms with Crippen molar-refractivity contribution in [2.45, 2.75) is 32.7 Å². The Morgan fingerprint density at radius 2 is 1.78 bits per heavy atom. The van der Waals surface area contributed by atoms with Gasteiger partial charge in [0, 0.05) is 38.3 Å². The third-order valence-corrected chi connectivity index (χ3v) is 4.76. The number of alkyl halides is 2. The summed E-state index contributed by atoms with van der Waals surface area (Å²) in [7, 11) is 0. The second-order valence-electron chi connectivity index (χ2n) is 7.13. The highest BCUT2D eigenvalue weighted by atomic mass is 19.3. The van der Waals surface area contributed by atoms with E-state index >= 15 is 0 Å². The Balaban J connectivity index is 1.77. The summed E-state index contributed by atoms with van der Waals surface area (Å²) >= 11 is 0. The van der Waals surface area contributed by atoms with Gasteiger partial charge in [-0.25, -0.2) is 33.1 Å². The van der Waals surface area contributed by atoms with Gasteiger partial charge in [-0.15, -0.1) is 0 Å². The Hall–Kier alpha value is -3.56. The minimum atomic E-state index is -3.05. The van der Waals surface area contributed by atoms with Crippen LogP contribution in [0.2, 0.25) is 0 Å². The van der Waals surface area contributed by atoms with E-state index in [1.807, 2.05) is 0 Å². The molecule has 1 aromatic carbocycles. The highest BCUT2D eigenvalue weighted by Crippen LogP contribution is 2.27. The molecule has 0 unspecified atom stereocenters. The number of amides is 1. The summed E-state index contributed by atoms with van der Waals surface area (Å²) in [4.78, 5) is 30.5. The summed E-state index contributed by atoms with van der Waals surface area (Å²) < 4.78 is 46.7. The maximum atomic E-state index is 14.6. The Bertz CT molecular complexity index is 1060. The van der Waals surface area contributed by atoms with Crippen LogP contribution in [-0.4, -0.2) is 49.9 Å². The second-order valence-corrected chi connectivity index (χ2v) is 7.13. The predicted octanol–water partition coefficient (Wildman–Crippen LogP) is 4.11. The number of rotatable bonds is 8. The normalized spacial score (nSPS) is 12.3. The molecule has 2 aromatic heterocycles. The quantitative estimate of drug-likeness (QED) is 0.519. The zero-order valence-corrected chi connectivity index (χ0v) is 17.8. The van der Waals surface area contributed by atoms with E-state index in [2.05, 4.69) is 19.9 Å². The van der Waals surface area contributed by atoms with Crippen LogP contribution >= 0.6 is 0 Å². The number of nitrogens with zero attached hydrogens (tertiary/aromatic N) is 5. The van der Waals surface area contributed by atoms with Crippen molar-refractivity contribution in [3.63, 3.8) is 0 Å². The monoisotopic (exact) mass is 445 g/mol. The largest absolute Gasteiger partial charge is 0.461 e. The molecule has 0 fully saturated rings. The molecule has 0 spiro atoms. The van der Waals surface area contributed by atoms with Gasteiger partial charge in [0.25, 0.3) is 11.8 Å². The lowest BCUT2D eigenvalue weighted by Gasteiger charge is -2.28. The van der Waals surface area contributed by atoms with E-state index in [0.29, 0.717) is 6.54 Å². The van der Waals surface area contributed by atoms with Crippen LogP contribution in [0.25, 0.3) is 11.4 Å². The molecule has 0 aliphatic heterocycles. The van der Waals surface area contributed by atoms with Gasteiger partial charge in [-0.1, -0.05) is 6.07 Å². The molecule has 3 aromatic rings. The lowest BCUT2D eigenvalue weighted by molar-refractivity contribution is 0.0165. The summed E-state index contributed by atoms with van der Waals surface area (Å²) in [6, 6.07) is 5.27. The van der Waals surface area contributed by atoms with Gasteiger partial charge in [-0.3, -0.25) is 4.79 Å². The van der Waals surface area contributed by atoms with Gasteiger partial charge in [0.2, 0.25) is 0 Å². The average molecular weight is 445 g/mol. The molecule has 1 amide bonds. The number of carbonyl (C=O) groups is 1. The predicted molar refractivity (Wildman–Crippen MR) is 111 cm³/mol. The van der Waals surface area contributed by atoms with Crippen molar-refractivity contribution in [3.05, 3.63) is 66.0 Å². The van der Waals surface area contributed by atoms with Crippen LogP contribution in [0.3, 0.4) is 0 Å². The molecule has 0 aliphatic carbocycles. The summed E-state index contributed by atoms with van der Waals surface area (Å²) in [5.41, 5.74) is -0.190. The van der Waals surface area contributed by atoms with Gasteiger partial charge < -0.3 is 9.64 Å². The number of halogens is 3. The summed E-state index contributed by atoms with van der Waals surface area (Å²) in [5.74, 6) is -3.98. The van der Waals surface area contributed by atoms with Crippen LogP contribution in [0.4, 0.5) is 13.2 Å². The molecule has 0 N–H and O–H groups in total. The zero-order valence-electron chi connectivity index (χ0n) is 17.8. The van der Waals surface area contributed by atoms with Crippen molar-refractivity contribution in [1.82, 2.24) is 24.8 Å². The molecule has 2 heterocycles. The van der Waals surface area contributed by atoms with Gasteiger partial charge in [-0.2, -0.15) is 0 Å². The topological polar surface area (TPSA) is 81.1 Å². The molecule has 0 saturated carbocycles. The number of ether oxygens (including phenoxy) is 1. The van der Waals surface area contributed by atoms with Crippen molar-refractivity contribution in [2.75, 3.05) is 13.2 Å². The third-order valence-electron chi connectivity index (χ3n) is 4.76. The van der Waals surface area contributed by atoms with Gasteiger partial charge in [0.1, 0.15) is 12.4 Å². The van der Waals surface area contributed by atoms with Crippen molar-refractivity contribution in [2.24, 2.45) is 0 Å². The standard InChI is InChI=1S/C22H22F3N5O2/c1-4-30(14(2)13-32-21-28-11-15(12-29-21)22(3,24)25)20(31)16-7-5-8-17(23)18(16)19-26-9-6-10-27-19/h5-12,14H,4,13H2,1-3H3/t14-/m0/s1. The Morgan fingerprint density at radius 3 is 2.38 bits per heavy atom. The van der Waals surface area contributed by atoms with Crippen molar-refractivity contribution >= 4 is 5.91 Å². The number of benzene rings is 1. The molecule has 0 saturated heterocycles. The van der Waals surface area contributed by atoms with Crippen molar-refractivity contribution in [3.8, 4) is 17.4 Å². The number of hydrogen-bond donors (Lipinski definition) is 0. The molecule has 1 atom stereocenters. The molecule has 0 radical (unpaired) electrons. The van der Waals surface area contributed by atoms with E-state index in [4.69, 9.17) is 4.74 Å². The minimum absolute atomic E-state index is 0.00787. The van der Waals surface area contributed by atoms with Crippen LogP contribution in [-0.2, 0) is 5.92 Å². The summed E-state index contributed by atoms with van der Waals surface area (Å²) in [6.45, 7) is 4.60. The molecule has 3 rings (SSSR count). The Morgan fingerprint density at radius 1 is 1.12 bits per heavy atom. The van der Waals surface area contributed by atoms with Crippen LogP contribution in [0.15, 0.2) is 49.1 Å². The van der Waals surface area contributed by atoms with Gasteiger partial charge in [-0.05, 0) is 32.0 Å². The number of likely N-dealkylation sites (N-methyl/N-ethyl adjacent to an activating group) is 1. The first-order chi connectivity index (χ1) is 15.2. The first kappa shape index (κ1) is 23.1. The maximum absolute atomic E-state index is 14.6. The number of aromatic nitrogens is 4. The molecule has 0 aliphatic rings. The highest BCUT2D eigenvalue weighted by molar-refractivity contribution is 6.00. The van der Waals surface area contributed by atoms with Crippen LogP contribution in [0.5, 0.6) is 6.01 Å². The zero-order chi connectivity index (χ0) is 23.3. The molecule has 0 bridgehead atoms. The SMILES string of the molecule is CCN(C(=O)c1cccc(F)c1-c1ncccn1)[C@@H](C)COc1ncc(C(C)(F)F)cn1. The fourth-order valence-corrected chi connectivity index (χ4v) is 3.07. The van der Waals surface area contributed by atoms with Crippen molar-refractivity contribution in [1.29, 1.82) is 0 Å². The molecule has 32 heavy (non-hydrogen) atoms. The lowest BCUT2D eigenvalue weighted by Crippen LogP contribution is -2.42. The van der Waals surface area contributed by atoms with E-state index < -0.39 is 23.7 Å². The Labute approximate surface area is 183 Å². The van der Waals surface area contributed by atoms with Gasteiger partial charge in [0.15, 0.2) is 5.82 Å². The van der Waals surface area contributed by atoms with E-state index in [0.717, 1.165) is 19.3 Å². The second kappa shape index (κ2) is 9.71. The first-order valence-corrected chi connectivity index (χ1v) is 9.92. The minimum Gasteiger partial charge on any atom is -0.461 e. The van der Waals surface area contributed by atoms with E-state index in [-0.39, 0.29) is 35.1 Å². The van der Waals surface area contributed by atoms with Crippen LogP contribution < -0.4 is 4.74 Å². The van der Waals surface area contributed by atoms with Crippen molar-refractivity contribution < 1.29 is 22.7 Å².